The highest BCUT2D eigenvalue weighted by Crippen LogP contribution is 2.23. The third-order valence-corrected chi connectivity index (χ3v) is 3.76. The van der Waals surface area contributed by atoms with Crippen LogP contribution in [0, 0.1) is 10.1 Å². The average molecular weight is 272 g/mol. The molecule has 18 heavy (non-hydrogen) atoms. The molecule has 0 fully saturated rings. The predicted octanol–water partition coefficient (Wildman–Crippen LogP) is 1.06. The lowest BCUT2D eigenvalue weighted by Crippen LogP contribution is -2.20. The van der Waals surface area contributed by atoms with Crippen molar-refractivity contribution in [1.29, 1.82) is 0 Å². The Hall–Kier alpha value is -1.67. The molecule has 0 spiro atoms. The summed E-state index contributed by atoms with van der Waals surface area (Å²) in [5.41, 5.74) is 3.32. The van der Waals surface area contributed by atoms with Crippen molar-refractivity contribution in [2.45, 2.75) is 12.2 Å². The monoisotopic (exact) mass is 272 g/mol. The molecule has 0 aliphatic rings. The summed E-state index contributed by atoms with van der Waals surface area (Å²) in [5, 5.41) is 13.7. The summed E-state index contributed by atoms with van der Waals surface area (Å²) in [6, 6.07) is 4.40. The maximum absolute atomic E-state index is 11.2. The molecule has 0 saturated carbocycles. The number of benzene rings is 1. The van der Waals surface area contributed by atoms with Crippen LogP contribution in [0.3, 0.4) is 0 Å². The van der Waals surface area contributed by atoms with Crippen LogP contribution >= 0.6 is 0 Å². The van der Waals surface area contributed by atoms with Gasteiger partial charge in [0.05, 0.1) is 10.6 Å². The number of anilines is 2. The van der Waals surface area contributed by atoms with E-state index in [2.05, 4.69) is 10.7 Å². The summed E-state index contributed by atoms with van der Waals surface area (Å²) in [6.45, 7) is 2.30. The molecule has 100 valence electrons. The molecule has 0 saturated heterocycles. The summed E-state index contributed by atoms with van der Waals surface area (Å²) in [6.07, 6.45) is 1.62. The molecular weight excluding hydrogens is 256 g/mol. The Morgan fingerprint density at radius 2 is 2.06 bits per heavy atom. The van der Waals surface area contributed by atoms with Crippen LogP contribution in [0.4, 0.5) is 17.1 Å². The van der Waals surface area contributed by atoms with Crippen LogP contribution in [-0.2, 0) is 10.8 Å². The lowest BCUT2D eigenvalue weighted by molar-refractivity contribution is -0.384. The fraction of sp³-hybridized carbons (Fsp3) is 0.400. The average Bonchev–Trinajstić information content (AvgIpc) is 2.35. The quantitative estimate of drug-likeness (QED) is 0.406. The summed E-state index contributed by atoms with van der Waals surface area (Å²) in [4.78, 5) is 10.2. The van der Waals surface area contributed by atoms with Gasteiger partial charge in [-0.25, -0.2) is 0 Å². The number of hydrazine groups is 1. The zero-order valence-corrected chi connectivity index (χ0v) is 11.0. The predicted molar refractivity (Wildman–Crippen MR) is 72.9 cm³/mol. The molecular formula is C10H16N4O3S. The van der Waals surface area contributed by atoms with E-state index < -0.39 is 15.7 Å². The topological polar surface area (TPSA) is 110 Å². The Labute approximate surface area is 107 Å². The van der Waals surface area contributed by atoms with E-state index >= 15 is 0 Å². The molecule has 1 rings (SSSR count). The second kappa shape index (κ2) is 6.31. The third-order valence-electron chi connectivity index (χ3n) is 2.46. The lowest BCUT2D eigenvalue weighted by Gasteiger charge is -2.12. The van der Waals surface area contributed by atoms with Crippen molar-refractivity contribution in [2.24, 2.45) is 5.84 Å². The molecule has 1 aromatic rings. The van der Waals surface area contributed by atoms with Crippen LogP contribution in [0.15, 0.2) is 18.2 Å². The molecule has 2 unspecified atom stereocenters. The molecule has 7 nitrogen and oxygen atoms in total. The van der Waals surface area contributed by atoms with E-state index in [0.717, 1.165) is 0 Å². The van der Waals surface area contributed by atoms with E-state index in [1.165, 1.54) is 12.1 Å². The molecule has 0 radical (unpaired) electrons. The van der Waals surface area contributed by atoms with Crippen LogP contribution in [-0.4, -0.2) is 27.2 Å². The van der Waals surface area contributed by atoms with Crippen molar-refractivity contribution in [1.82, 2.24) is 0 Å². The summed E-state index contributed by atoms with van der Waals surface area (Å²) in [5.74, 6) is 5.24. The number of non-ortho nitro benzene ring substituents is 1. The van der Waals surface area contributed by atoms with E-state index in [4.69, 9.17) is 5.84 Å². The van der Waals surface area contributed by atoms with Gasteiger partial charge in [-0.3, -0.25) is 20.2 Å². The van der Waals surface area contributed by atoms with Crippen molar-refractivity contribution in [3.8, 4) is 0 Å². The highest BCUT2D eigenvalue weighted by Gasteiger charge is 2.11. The standard InChI is InChI=1S/C10H16N4O3S/c1-7(18(2)17)6-12-8-3-9(13-11)5-10(4-8)14(15)16/h3-5,7,12-13H,6,11H2,1-2H3. The first-order chi connectivity index (χ1) is 8.43. The fourth-order valence-corrected chi connectivity index (χ4v) is 1.60. The van der Waals surface area contributed by atoms with Gasteiger partial charge >= 0.3 is 0 Å². The largest absolute Gasteiger partial charge is 0.384 e. The lowest BCUT2D eigenvalue weighted by atomic mass is 10.2. The third kappa shape index (κ3) is 3.97. The molecule has 0 aliphatic carbocycles. The molecule has 0 aromatic heterocycles. The van der Waals surface area contributed by atoms with E-state index in [0.29, 0.717) is 17.9 Å². The van der Waals surface area contributed by atoms with Gasteiger partial charge in [0.2, 0.25) is 0 Å². The number of nitrogens with two attached hydrogens (primary N) is 1. The Morgan fingerprint density at radius 1 is 1.44 bits per heavy atom. The maximum atomic E-state index is 11.2. The highest BCUT2D eigenvalue weighted by molar-refractivity contribution is 7.84. The van der Waals surface area contributed by atoms with Crippen molar-refractivity contribution in [2.75, 3.05) is 23.5 Å². The molecule has 1 aromatic carbocycles. The molecule has 0 bridgehead atoms. The van der Waals surface area contributed by atoms with Gasteiger partial charge in [-0.05, 0) is 13.0 Å². The van der Waals surface area contributed by atoms with Crippen molar-refractivity contribution < 1.29 is 9.13 Å². The summed E-state index contributed by atoms with van der Waals surface area (Å²) < 4.78 is 11.2. The number of nitrogen functional groups attached to an aromatic ring is 1. The minimum absolute atomic E-state index is 0.0430. The molecule has 0 amide bonds. The number of nitrogens with zero attached hydrogens (tertiary/aromatic N) is 1. The molecule has 4 N–H and O–H groups in total. The summed E-state index contributed by atoms with van der Waals surface area (Å²) in [7, 11) is -0.942. The van der Waals surface area contributed by atoms with Gasteiger partial charge in [0.15, 0.2) is 0 Å². The Morgan fingerprint density at radius 3 is 2.56 bits per heavy atom. The molecule has 0 aliphatic heterocycles. The van der Waals surface area contributed by atoms with E-state index in [-0.39, 0.29) is 10.9 Å². The fourth-order valence-electron chi connectivity index (χ4n) is 1.28. The summed E-state index contributed by atoms with van der Waals surface area (Å²) >= 11 is 0. The number of hydrogen-bond acceptors (Lipinski definition) is 6. The van der Waals surface area contributed by atoms with Gasteiger partial charge < -0.3 is 10.7 Å². The minimum atomic E-state index is -0.942. The van der Waals surface area contributed by atoms with Crippen LogP contribution < -0.4 is 16.6 Å². The normalized spacial score (nSPS) is 13.7. The van der Waals surface area contributed by atoms with Crippen LogP contribution in [0.2, 0.25) is 0 Å². The van der Waals surface area contributed by atoms with Crippen molar-refractivity contribution in [3.63, 3.8) is 0 Å². The second-order valence-corrected chi connectivity index (χ2v) is 5.66. The highest BCUT2D eigenvalue weighted by atomic mass is 32.2. The SMILES string of the molecule is CC(CNc1cc(NN)cc([N+](=O)[O-])c1)S(C)=O. The van der Waals surface area contributed by atoms with E-state index in [1.54, 1.807) is 12.3 Å². The first-order valence-electron chi connectivity index (χ1n) is 5.26. The van der Waals surface area contributed by atoms with Crippen LogP contribution in [0.5, 0.6) is 0 Å². The Kier molecular flexibility index (Phi) is 5.05. The molecule has 8 heteroatoms. The van der Waals surface area contributed by atoms with Gasteiger partial charge in [-0.1, -0.05) is 0 Å². The number of nitrogens with one attached hydrogen (secondary N) is 2. The van der Waals surface area contributed by atoms with Gasteiger partial charge in [-0.2, -0.15) is 0 Å². The molecule has 0 heterocycles. The second-order valence-electron chi connectivity index (χ2n) is 3.86. The Balaban J connectivity index is 2.85. The smallest absolute Gasteiger partial charge is 0.273 e. The maximum Gasteiger partial charge on any atom is 0.273 e. The number of hydrogen-bond donors (Lipinski definition) is 3. The first kappa shape index (κ1) is 14.4. The minimum Gasteiger partial charge on any atom is -0.384 e. The van der Waals surface area contributed by atoms with Crippen LogP contribution in [0.25, 0.3) is 0 Å². The number of nitro benzene ring substituents is 1. The van der Waals surface area contributed by atoms with Gasteiger partial charge in [0.1, 0.15) is 0 Å². The van der Waals surface area contributed by atoms with E-state index in [9.17, 15) is 14.3 Å². The zero-order chi connectivity index (χ0) is 13.7. The van der Waals surface area contributed by atoms with E-state index in [1.807, 2.05) is 6.92 Å². The van der Waals surface area contributed by atoms with Crippen molar-refractivity contribution >= 4 is 27.9 Å². The van der Waals surface area contributed by atoms with Crippen molar-refractivity contribution in [3.05, 3.63) is 28.3 Å². The van der Waals surface area contributed by atoms with Gasteiger partial charge in [0, 0.05) is 46.7 Å². The number of rotatable bonds is 6. The van der Waals surface area contributed by atoms with Gasteiger partial charge in [-0.15, -0.1) is 0 Å². The first-order valence-corrected chi connectivity index (χ1v) is 6.88. The van der Waals surface area contributed by atoms with Gasteiger partial charge in [0.25, 0.3) is 5.69 Å². The van der Waals surface area contributed by atoms with Crippen LogP contribution in [0.1, 0.15) is 6.92 Å². The Bertz CT molecular complexity index is 466. The molecule has 2 atom stereocenters. The zero-order valence-electron chi connectivity index (χ0n) is 10.2. The number of nitro groups is 1.